The van der Waals surface area contributed by atoms with Gasteiger partial charge in [-0.3, -0.25) is 4.68 Å². The molecule has 1 aromatic heterocycles. The first kappa shape index (κ1) is 11.2. The van der Waals surface area contributed by atoms with Gasteiger partial charge >= 0.3 is 0 Å². The van der Waals surface area contributed by atoms with Crippen molar-refractivity contribution >= 4 is 0 Å². The Balaban J connectivity index is 2.43. The lowest BCUT2D eigenvalue weighted by Gasteiger charge is -2.17. The molecule has 14 heavy (non-hydrogen) atoms. The van der Waals surface area contributed by atoms with Crippen LogP contribution in [0.15, 0.2) is 6.20 Å². The quantitative estimate of drug-likeness (QED) is 0.742. The van der Waals surface area contributed by atoms with Gasteiger partial charge in [-0.25, -0.2) is 0 Å². The number of rotatable bonds is 4. The molecule has 0 amide bonds. The van der Waals surface area contributed by atoms with Crippen LogP contribution in [0, 0.1) is 6.92 Å². The molecule has 1 aromatic rings. The van der Waals surface area contributed by atoms with Crippen molar-refractivity contribution in [1.29, 1.82) is 0 Å². The minimum Gasteiger partial charge on any atom is -0.389 e. The highest BCUT2D eigenvalue weighted by atomic mass is 16.3. The smallest absolute Gasteiger partial charge is 0.0715 e. The van der Waals surface area contributed by atoms with Crippen LogP contribution in [-0.2, 0) is 13.6 Å². The average Bonchev–Trinajstić information content (AvgIpc) is 2.33. The number of nitrogens with one attached hydrogen (secondary N) is 1. The molecular formula is C10H19N3O. The van der Waals surface area contributed by atoms with Crippen molar-refractivity contribution in [1.82, 2.24) is 15.1 Å². The van der Waals surface area contributed by atoms with E-state index in [2.05, 4.69) is 10.4 Å². The Hall–Kier alpha value is -0.870. The molecule has 4 heteroatoms. The monoisotopic (exact) mass is 197 g/mol. The predicted octanol–water partition coefficient (Wildman–Crippen LogP) is 0.589. The number of nitrogens with zero attached hydrogens (tertiary/aromatic N) is 2. The third-order valence-electron chi connectivity index (χ3n) is 2.21. The molecule has 0 radical (unpaired) electrons. The summed E-state index contributed by atoms with van der Waals surface area (Å²) in [6.45, 7) is 6.95. The van der Waals surface area contributed by atoms with E-state index in [1.54, 1.807) is 13.8 Å². The van der Waals surface area contributed by atoms with Gasteiger partial charge in [0.2, 0.25) is 0 Å². The van der Waals surface area contributed by atoms with Crippen molar-refractivity contribution in [3.05, 3.63) is 17.5 Å². The largest absolute Gasteiger partial charge is 0.389 e. The second-order valence-corrected chi connectivity index (χ2v) is 4.29. The molecule has 80 valence electrons. The third kappa shape index (κ3) is 3.12. The summed E-state index contributed by atoms with van der Waals surface area (Å²) in [7, 11) is 1.93. The molecule has 1 rings (SSSR count). The van der Waals surface area contributed by atoms with Crippen molar-refractivity contribution in [2.45, 2.75) is 32.9 Å². The Kier molecular flexibility index (Phi) is 3.29. The SMILES string of the molecule is Cc1c(CNCC(C)(C)O)cnn1C. The van der Waals surface area contributed by atoms with Gasteiger partial charge in [-0.1, -0.05) is 0 Å². The summed E-state index contributed by atoms with van der Waals surface area (Å²) >= 11 is 0. The molecule has 0 atom stereocenters. The summed E-state index contributed by atoms with van der Waals surface area (Å²) in [5.74, 6) is 0. The van der Waals surface area contributed by atoms with E-state index in [0.717, 1.165) is 12.2 Å². The molecule has 1 heterocycles. The number of aromatic nitrogens is 2. The lowest BCUT2D eigenvalue weighted by atomic mass is 10.1. The minimum absolute atomic E-state index is 0.585. The number of hydrogen-bond donors (Lipinski definition) is 2. The normalized spacial score (nSPS) is 12.1. The average molecular weight is 197 g/mol. The fourth-order valence-electron chi connectivity index (χ4n) is 1.22. The second-order valence-electron chi connectivity index (χ2n) is 4.29. The highest BCUT2D eigenvalue weighted by molar-refractivity contribution is 5.15. The summed E-state index contributed by atoms with van der Waals surface area (Å²) in [6.07, 6.45) is 1.85. The van der Waals surface area contributed by atoms with Crippen molar-refractivity contribution < 1.29 is 5.11 Å². The van der Waals surface area contributed by atoms with Crippen LogP contribution in [0.2, 0.25) is 0 Å². The second kappa shape index (κ2) is 4.11. The molecular weight excluding hydrogens is 178 g/mol. The maximum absolute atomic E-state index is 9.49. The standard InChI is InChI=1S/C10H19N3O/c1-8-9(6-12-13(8)4)5-11-7-10(2,3)14/h6,11,14H,5,7H2,1-4H3. The molecule has 0 aromatic carbocycles. The van der Waals surface area contributed by atoms with Gasteiger partial charge in [0.1, 0.15) is 0 Å². The number of aryl methyl sites for hydroxylation is 1. The maximum atomic E-state index is 9.49. The van der Waals surface area contributed by atoms with E-state index in [1.165, 1.54) is 5.56 Å². The maximum Gasteiger partial charge on any atom is 0.0715 e. The van der Waals surface area contributed by atoms with Crippen LogP contribution in [0.25, 0.3) is 0 Å². The van der Waals surface area contributed by atoms with Gasteiger partial charge in [0, 0.05) is 31.4 Å². The van der Waals surface area contributed by atoms with Gasteiger partial charge in [-0.15, -0.1) is 0 Å². The summed E-state index contributed by atoms with van der Waals surface area (Å²) in [5, 5.41) is 16.8. The summed E-state index contributed by atoms with van der Waals surface area (Å²) in [5.41, 5.74) is 1.68. The Morgan fingerprint density at radius 1 is 1.57 bits per heavy atom. The molecule has 0 fully saturated rings. The lowest BCUT2D eigenvalue weighted by molar-refractivity contribution is 0.0795. The molecule has 0 aliphatic rings. The van der Waals surface area contributed by atoms with E-state index in [-0.39, 0.29) is 0 Å². The van der Waals surface area contributed by atoms with Crippen molar-refractivity contribution in [3.8, 4) is 0 Å². The van der Waals surface area contributed by atoms with Crippen molar-refractivity contribution in [3.63, 3.8) is 0 Å². The molecule has 0 bridgehead atoms. The Morgan fingerprint density at radius 2 is 2.21 bits per heavy atom. The molecule has 4 nitrogen and oxygen atoms in total. The molecule has 0 spiro atoms. The van der Waals surface area contributed by atoms with Crippen LogP contribution in [0.1, 0.15) is 25.1 Å². The lowest BCUT2D eigenvalue weighted by Crippen LogP contribution is -2.34. The molecule has 0 unspecified atom stereocenters. The zero-order valence-electron chi connectivity index (χ0n) is 9.33. The Bertz CT molecular complexity index is 299. The van der Waals surface area contributed by atoms with Gasteiger partial charge in [0.25, 0.3) is 0 Å². The zero-order chi connectivity index (χ0) is 10.8. The highest BCUT2D eigenvalue weighted by Crippen LogP contribution is 2.05. The predicted molar refractivity (Wildman–Crippen MR) is 55.9 cm³/mol. The summed E-state index contributed by atoms with van der Waals surface area (Å²) in [4.78, 5) is 0. The van der Waals surface area contributed by atoms with Crippen LogP contribution < -0.4 is 5.32 Å². The van der Waals surface area contributed by atoms with Crippen LogP contribution >= 0.6 is 0 Å². The summed E-state index contributed by atoms with van der Waals surface area (Å²) < 4.78 is 1.85. The van der Waals surface area contributed by atoms with Crippen molar-refractivity contribution in [2.75, 3.05) is 6.54 Å². The third-order valence-corrected chi connectivity index (χ3v) is 2.21. The van der Waals surface area contributed by atoms with E-state index in [0.29, 0.717) is 6.54 Å². The van der Waals surface area contributed by atoms with Crippen LogP contribution in [0.5, 0.6) is 0 Å². The van der Waals surface area contributed by atoms with E-state index < -0.39 is 5.60 Å². The topological polar surface area (TPSA) is 50.1 Å². The van der Waals surface area contributed by atoms with E-state index in [1.807, 2.05) is 24.9 Å². The molecule has 0 aliphatic heterocycles. The summed E-state index contributed by atoms with van der Waals surface area (Å²) in [6, 6.07) is 0. The first-order chi connectivity index (χ1) is 6.40. The van der Waals surface area contributed by atoms with Gasteiger partial charge in [-0.05, 0) is 20.8 Å². The van der Waals surface area contributed by atoms with Gasteiger partial charge in [-0.2, -0.15) is 5.10 Å². The Labute approximate surface area is 84.9 Å². The zero-order valence-corrected chi connectivity index (χ0v) is 9.33. The molecule has 0 aliphatic carbocycles. The van der Waals surface area contributed by atoms with Gasteiger partial charge in [0.15, 0.2) is 0 Å². The van der Waals surface area contributed by atoms with Gasteiger partial charge in [0.05, 0.1) is 11.8 Å². The molecule has 2 N–H and O–H groups in total. The number of aliphatic hydroxyl groups is 1. The van der Waals surface area contributed by atoms with E-state index in [9.17, 15) is 5.11 Å². The van der Waals surface area contributed by atoms with E-state index >= 15 is 0 Å². The molecule has 0 saturated carbocycles. The van der Waals surface area contributed by atoms with Crippen LogP contribution in [0.4, 0.5) is 0 Å². The number of hydrogen-bond acceptors (Lipinski definition) is 3. The fourth-order valence-corrected chi connectivity index (χ4v) is 1.22. The van der Waals surface area contributed by atoms with Gasteiger partial charge < -0.3 is 10.4 Å². The molecule has 0 saturated heterocycles. The highest BCUT2D eigenvalue weighted by Gasteiger charge is 2.11. The Morgan fingerprint density at radius 3 is 2.64 bits per heavy atom. The first-order valence-corrected chi connectivity index (χ1v) is 4.81. The van der Waals surface area contributed by atoms with E-state index in [4.69, 9.17) is 0 Å². The minimum atomic E-state index is -0.657. The fraction of sp³-hybridized carbons (Fsp3) is 0.700. The van der Waals surface area contributed by atoms with Crippen LogP contribution in [0.3, 0.4) is 0 Å². The van der Waals surface area contributed by atoms with Crippen LogP contribution in [-0.4, -0.2) is 27.0 Å². The van der Waals surface area contributed by atoms with Crippen molar-refractivity contribution in [2.24, 2.45) is 7.05 Å². The first-order valence-electron chi connectivity index (χ1n) is 4.81.